The standard InChI is InChI=1S/C11H10ClNO3/c12-8-3-4-10(9(7-8)11(14)15)16-6-2-1-5-13/h3-4,7H,1-2,6H2,(H,14,15). The van der Waals surface area contributed by atoms with Crippen LogP contribution in [0.5, 0.6) is 5.75 Å². The van der Waals surface area contributed by atoms with Crippen molar-refractivity contribution < 1.29 is 14.6 Å². The Morgan fingerprint density at radius 2 is 2.31 bits per heavy atom. The minimum Gasteiger partial charge on any atom is -0.493 e. The number of carbonyl (C=O) groups is 1. The van der Waals surface area contributed by atoms with E-state index >= 15 is 0 Å². The van der Waals surface area contributed by atoms with Crippen molar-refractivity contribution >= 4 is 17.6 Å². The van der Waals surface area contributed by atoms with Gasteiger partial charge in [-0.2, -0.15) is 5.26 Å². The molecule has 0 bridgehead atoms. The van der Waals surface area contributed by atoms with E-state index < -0.39 is 5.97 Å². The van der Waals surface area contributed by atoms with Gasteiger partial charge < -0.3 is 9.84 Å². The molecule has 16 heavy (non-hydrogen) atoms. The van der Waals surface area contributed by atoms with Gasteiger partial charge in [0.2, 0.25) is 0 Å². The van der Waals surface area contributed by atoms with Crippen molar-refractivity contribution in [3.05, 3.63) is 28.8 Å². The fraction of sp³-hybridized carbons (Fsp3) is 0.273. The summed E-state index contributed by atoms with van der Waals surface area (Å²) in [6.07, 6.45) is 0.953. The summed E-state index contributed by atoms with van der Waals surface area (Å²) in [4.78, 5) is 10.9. The number of hydrogen-bond donors (Lipinski definition) is 1. The molecule has 0 saturated carbocycles. The van der Waals surface area contributed by atoms with Gasteiger partial charge in [-0.15, -0.1) is 0 Å². The van der Waals surface area contributed by atoms with E-state index in [1.807, 2.05) is 6.07 Å². The van der Waals surface area contributed by atoms with Crippen LogP contribution in [0, 0.1) is 11.3 Å². The van der Waals surface area contributed by atoms with Gasteiger partial charge in [-0.3, -0.25) is 0 Å². The molecule has 1 aromatic carbocycles. The molecule has 0 fully saturated rings. The van der Waals surface area contributed by atoms with Gasteiger partial charge in [0.25, 0.3) is 0 Å². The van der Waals surface area contributed by atoms with Crippen molar-refractivity contribution in [3.63, 3.8) is 0 Å². The summed E-state index contributed by atoms with van der Waals surface area (Å²) in [6.45, 7) is 0.315. The molecule has 4 nitrogen and oxygen atoms in total. The number of nitriles is 1. The number of ether oxygens (including phenoxy) is 1. The number of unbranched alkanes of at least 4 members (excludes halogenated alkanes) is 1. The Morgan fingerprint density at radius 3 is 2.94 bits per heavy atom. The number of benzene rings is 1. The van der Waals surface area contributed by atoms with Crippen molar-refractivity contribution in [2.45, 2.75) is 12.8 Å². The topological polar surface area (TPSA) is 70.3 Å². The molecule has 0 amide bonds. The first-order chi connectivity index (χ1) is 7.65. The summed E-state index contributed by atoms with van der Waals surface area (Å²) in [5, 5.41) is 17.6. The van der Waals surface area contributed by atoms with Crippen LogP contribution in [0.3, 0.4) is 0 Å². The van der Waals surface area contributed by atoms with Crippen LogP contribution < -0.4 is 4.74 Å². The van der Waals surface area contributed by atoms with Crippen LogP contribution in [0.2, 0.25) is 5.02 Å². The van der Waals surface area contributed by atoms with E-state index in [2.05, 4.69) is 0 Å². The van der Waals surface area contributed by atoms with E-state index in [4.69, 9.17) is 26.7 Å². The molecule has 0 aromatic heterocycles. The van der Waals surface area contributed by atoms with Gasteiger partial charge in [0.15, 0.2) is 0 Å². The molecule has 0 heterocycles. The van der Waals surface area contributed by atoms with Crippen molar-refractivity contribution in [3.8, 4) is 11.8 Å². The summed E-state index contributed by atoms with van der Waals surface area (Å²) >= 11 is 5.68. The third-order valence-corrected chi connectivity index (χ3v) is 2.10. The lowest BCUT2D eigenvalue weighted by Gasteiger charge is -2.08. The molecule has 0 saturated heterocycles. The third-order valence-electron chi connectivity index (χ3n) is 1.86. The molecule has 0 atom stereocenters. The highest BCUT2D eigenvalue weighted by molar-refractivity contribution is 6.31. The highest BCUT2D eigenvalue weighted by atomic mass is 35.5. The summed E-state index contributed by atoms with van der Waals surface area (Å²) in [5.41, 5.74) is 0.0319. The van der Waals surface area contributed by atoms with E-state index in [1.165, 1.54) is 12.1 Å². The number of aromatic carboxylic acids is 1. The Kier molecular flexibility index (Phi) is 4.62. The molecule has 0 unspecified atom stereocenters. The third kappa shape index (κ3) is 3.44. The predicted octanol–water partition coefficient (Wildman–Crippen LogP) is 2.72. The van der Waals surface area contributed by atoms with Crippen LogP contribution >= 0.6 is 11.6 Å². The molecule has 5 heteroatoms. The summed E-state index contributed by atoms with van der Waals surface area (Å²) in [7, 11) is 0. The van der Waals surface area contributed by atoms with Gasteiger partial charge in [0.05, 0.1) is 12.7 Å². The summed E-state index contributed by atoms with van der Waals surface area (Å²) < 4.78 is 5.26. The number of nitrogens with zero attached hydrogens (tertiary/aromatic N) is 1. The zero-order chi connectivity index (χ0) is 12.0. The van der Waals surface area contributed by atoms with Gasteiger partial charge in [-0.25, -0.2) is 4.79 Å². The van der Waals surface area contributed by atoms with E-state index in [0.717, 1.165) is 0 Å². The van der Waals surface area contributed by atoms with Crippen LogP contribution in [-0.2, 0) is 0 Å². The molecule has 0 aliphatic heterocycles. The van der Waals surface area contributed by atoms with Crippen LogP contribution in [0.25, 0.3) is 0 Å². The second-order valence-corrected chi connectivity index (χ2v) is 3.49. The maximum atomic E-state index is 10.9. The zero-order valence-electron chi connectivity index (χ0n) is 8.44. The fourth-order valence-corrected chi connectivity index (χ4v) is 1.30. The Balaban J connectivity index is 2.72. The maximum absolute atomic E-state index is 10.9. The first-order valence-electron chi connectivity index (χ1n) is 4.67. The largest absolute Gasteiger partial charge is 0.493 e. The highest BCUT2D eigenvalue weighted by Crippen LogP contribution is 2.23. The van der Waals surface area contributed by atoms with Gasteiger partial charge in [-0.05, 0) is 24.6 Å². The van der Waals surface area contributed by atoms with Crippen molar-refractivity contribution in [2.75, 3.05) is 6.61 Å². The number of rotatable bonds is 5. The molecule has 0 aliphatic rings. The SMILES string of the molecule is N#CCCCOc1ccc(Cl)cc1C(=O)O. The van der Waals surface area contributed by atoms with Gasteiger partial charge in [0.1, 0.15) is 11.3 Å². The lowest BCUT2D eigenvalue weighted by molar-refractivity contribution is 0.0692. The first kappa shape index (κ1) is 12.3. The van der Waals surface area contributed by atoms with Crippen LogP contribution in [0.4, 0.5) is 0 Å². The molecular formula is C11H10ClNO3. The van der Waals surface area contributed by atoms with Crippen LogP contribution in [0.1, 0.15) is 23.2 Å². The minimum atomic E-state index is -1.09. The van der Waals surface area contributed by atoms with Crippen molar-refractivity contribution in [1.29, 1.82) is 5.26 Å². The lowest BCUT2D eigenvalue weighted by atomic mass is 10.2. The molecule has 1 N–H and O–H groups in total. The zero-order valence-corrected chi connectivity index (χ0v) is 9.20. The maximum Gasteiger partial charge on any atom is 0.339 e. The normalized spacial score (nSPS) is 9.50. The predicted molar refractivity (Wildman–Crippen MR) is 58.8 cm³/mol. The van der Waals surface area contributed by atoms with Gasteiger partial charge in [0, 0.05) is 11.4 Å². The molecule has 1 rings (SSSR count). The number of halogens is 1. The summed E-state index contributed by atoms with van der Waals surface area (Å²) in [6, 6.07) is 6.40. The number of carboxylic acid groups (broad SMARTS) is 1. The van der Waals surface area contributed by atoms with Gasteiger partial charge >= 0.3 is 5.97 Å². The Hall–Kier alpha value is -1.73. The molecule has 84 valence electrons. The van der Waals surface area contributed by atoms with Crippen LogP contribution in [-0.4, -0.2) is 17.7 Å². The average Bonchev–Trinajstić information content (AvgIpc) is 2.26. The Bertz CT molecular complexity index is 426. The van der Waals surface area contributed by atoms with E-state index in [0.29, 0.717) is 24.5 Å². The number of carboxylic acids is 1. The Labute approximate surface area is 98.0 Å². The second kappa shape index (κ2) is 5.99. The smallest absolute Gasteiger partial charge is 0.339 e. The molecule has 0 radical (unpaired) electrons. The highest BCUT2D eigenvalue weighted by Gasteiger charge is 2.11. The molecular weight excluding hydrogens is 230 g/mol. The number of hydrogen-bond acceptors (Lipinski definition) is 3. The second-order valence-electron chi connectivity index (χ2n) is 3.06. The van der Waals surface area contributed by atoms with E-state index in [-0.39, 0.29) is 11.3 Å². The average molecular weight is 240 g/mol. The van der Waals surface area contributed by atoms with Crippen molar-refractivity contribution in [1.82, 2.24) is 0 Å². The fourth-order valence-electron chi connectivity index (χ4n) is 1.13. The molecule has 0 spiro atoms. The van der Waals surface area contributed by atoms with Crippen LogP contribution in [0.15, 0.2) is 18.2 Å². The molecule has 0 aliphatic carbocycles. The minimum absolute atomic E-state index is 0.0319. The lowest BCUT2D eigenvalue weighted by Crippen LogP contribution is -2.04. The summed E-state index contributed by atoms with van der Waals surface area (Å²) in [5.74, 6) is -0.812. The van der Waals surface area contributed by atoms with Gasteiger partial charge in [-0.1, -0.05) is 11.6 Å². The molecule has 1 aromatic rings. The van der Waals surface area contributed by atoms with E-state index in [1.54, 1.807) is 6.07 Å². The Morgan fingerprint density at radius 1 is 1.56 bits per heavy atom. The van der Waals surface area contributed by atoms with Crippen molar-refractivity contribution in [2.24, 2.45) is 0 Å². The van der Waals surface area contributed by atoms with E-state index in [9.17, 15) is 4.79 Å². The quantitative estimate of drug-likeness (QED) is 0.802. The first-order valence-corrected chi connectivity index (χ1v) is 5.05. The monoisotopic (exact) mass is 239 g/mol.